The molecule has 3 heteroatoms. The van der Waals surface area contributed by atoms with Gasteiger partial charge >= 0.3 is 7.48 Å². The Kier molecular flexibility index (Phi) is 14.2. The van der Waals surface area contributed by atoms with Crippen LogP contribution in [0.5, 0.6) is 0 Å². The predicted molar refractivity (Wildman–Crippen MR) is 279 cm³/mol. The first-order valence-electron chi connectivity index (χ1n) is 25.3. The van der Waals surface area contributed by atoms with Crippen LogP contribution >= 0.6 is 0 Å². The summed E-state index contributed by atoms with van der Waals surface area (Å²) in [5.41, 5.74) is 18.1. The van der Waals surface area contributed by atoms with E-state index >= 15 is 0 Å². The van der Waals surface area contributed by atoms with E-state index in [1.165, 1.54) is 146 Å². The molecule has 0 amide bonds. The summed E-state index contributed by atoms with van der Waals surface area (Å²) >= 11 is 0. The number of rotatable bonds is 21. The zero-order chi connectivity index (χ0) is 45.8. The molecule has 65 heavy (non-hydrogen) atoms. The Balaban J connectivity index is 1.07. The van der Waals surface area contributed by atoms with Crippen molar-refractivity contribution >= 4 is 12.9 Å². The summed E-state index contributed by atoms with van der Waals surface area (Å²) < 4.78 is 6.10. The molecule has 0 aliphatic heterocycles. The second-order valence-corrected chi connectivity index (χ2v) is 21.1. The summed E-state index contributed by atoms with van der Waals surface area (Å²) in [4.78, 5) is 0. The van der Waals surface area contributed by atoms with E-state index in [1.54, 1.807) is 32.5 Å². The molecule has 0 heterocycles. The highest BCUT2D eigenvalue weighted by Gasteiger charge is 2.43. The van der Waals surface area contributed by atoms with Crippen molar-refractivity contribution in [2.24, 2.45) is 0 Å². The summed E-state index contributed by atoms with van der Waals surface area (Å²) in [7, 11) is 1.77. The third-order valence-electron chi connectivity index (χ3n) is 15.6. The maximum Gasteiger partial charge on any atom is 0.330 e. The highest BCUT2D eigenvalue weighted by atomic mass is 16.5. The average molecular weight is 862 g/mol. The molecule has 6 aromatic rings. The minimum Gasteiger partial charge on any atom is -0.427 e. The molecular weight excluding hydrogens is 787 g/mol. The van der Waals surface area contributed by atoms with Gasteiger partial charge in [0.15, 0.2) is 0 Å². The fraction of sp³-hybridized carbons (Fsp3) is 0.419. The van der Waals surface area contributed by atoms with E-state index in [1.807, 2.05) is 19.9 Å². The quantitative estimate of drug-likeness (QED) is 0.0577. The van der Waals surface area contributed by atoms with E-state index in [2.05, 4.69) is 149 Å². The molecule has 2 aliphatic carbocycles. The highest BCUT2D eigenvalue weighted by molar-refractivity contribution is 6.47. The lowest BCUT2D eigenvalue weighted by molar-refractivity contribution is -0.0893. The molecule has 0 saturated heterocycles. The number of hydrogen-bond acceptors (Lipinski definition) is 2. The van der Waals surface area contributed by atoms with Crippen molar-refractivity contribution < 1.29 is 9.76 Å². The molecule has 0 saturated carbocycles. The largest absolute Gasteiger partial charge is 0.427 e. The van der Waals surface area contributed by atoms with E-state index in [0.29, 0.717) is 0 Å². The number of hydrogen-bond donors (Lipinski definition) is 1. The molecule has 0 spiro atoms. The van der Waals surface area contributed by atoms with Gasteiger partial charge in [-0.3, -0.25) is 0 Å². The van der Waals surface area contributed by atoms with Crippen molar-refractivity contribution in [3.8, 4) is 55.6 Å². The lowest BCUT2D eigenvalue weighted by atomic mass is 9.70. The normalized spacial score (nSPS) is 14.5. The van der Waals surface area contributed by atoms with Gasteiger partial charge in [0.1, 0.15) is 0 Å². The van der Waals surface area contributed by atoms with Gasteiger partial charge in [0, 0.05) is 10.8 Å². The van der Waals surface area contributed by atoms with Crippen LogP contribution in [0, 0.1) is 0 Å². The van der Waals surface area contributed by atoms with Crippen LogP contribution in [-0.4, -0.2) is 23.8 Å². The molecule has 0 aromatic heterocycles. The van der Waals surface area contributed by atoms with Crippen molar-refractivity contribution in [2.75, 3.05) is 0 Å². The zero-order valence-corrected chi connectivity index (χ0v) is 41.0. The van der Waals surface area contributed by atoms with Gasteiger partial charge in [-0.25, -0.2) is 0 Å². The van der Waals surface area contributed by atoms with Crippen LogP contribution in [0.1, 0.15) is 168 Å². The third-order valence-corrected chi connectivity index (χ3v) is 15.6. The van der Waals surface area contributed by atoms with Gasteiger partial charge < -0.3 is 9.76 Å². The third kappa shape index (κ3) is 9.62. The first kappa shape index (κ1) is 46.8. The molecule has 2 aliphatic rings. The molecule has 2 nitrogen and oxygen atoms in total. The Morgan fingerprint density at radius 1 is 0.446 bits per heavy atom. The van der Waals surface area contributed by atoms with Crippen LogP contribution in [-0.2, 0) is 15.5 Å². The van der Waals surface area contributed by atoms with Crippen molar-refractivity contribution in [2.45, 2.75) is 167 Å². The van der Waals surface area contributed by atoms with Gasteiger partial charge in [-0.2, -0.15) is 0 Å². The molecule has 1 radical (unpaired) electrons. The molecule has 1 N–H and O–H groups in total. The smallest absolute Gasteiger partial charge is 0.330 e. The summed E-state index contributed by atoms with van der Waals surface area (Å²) in [6, 6.07) is 48.6. The van der Waals surface area contributed by atoms with Crippen LogP contribution in [0.15, 0.2) is 127 Å². The highest BCUT2D eigenvalue weighted by Crippen LogP contribution is 2.56. The summed E-state index contributed by atoms with van der Waals surface area (Å²) in [6.45, 7) is 16.9. The summed E-state index contributed by atoms with van der Waals surface area (Å²) in [6.07, 6.45) is 18.5. The minimum atomic E-state index is -0.980. The Morgan fingerprint density at radius 3 is 1.42 bits per heavy atom. The fourth-order valence-corrected chi connectivity index (χ4v) is 10.8. The molecule has 337 valence electrons. The van der Waals surface area contributed by atoms with E-state index in [9.17, 15) is 5.11 Å². The average Bonchev–Trinajstić information content (AvgIpc) is 3.71. The SMILES string of the molecule is CCCCCCCCC1(CCCCCCCC)c2ccccc2-c2ccc(-c3ccc4c(c3)C(C)(C)c3cc(-c5cccc(-c6cccc([B]OC(C)(C)C(C)(C)O)c6)c5)ccc3-4)cc21. The van der Waals surface area contributed by atoms with Gasteiger partial charge in [0.2, 0.25) is 0 Å². The molecule has 8 rings (SSSR count). The minimum absolute atomic E-state index is 0.0714. The van der Waals surface area contributed by atoms with Gasteiger partial charge in [-0.1, -0.05) is 213 Å². The van der Waals surface area contributed by atoms with Crippen molar-refractivity contribution in [1.82, 2.24) is 0 Å². The van der Waals surface area contributed by atoms with Crippen molar-refractivity contribution in [3.63, 3.8) is 0 Å². The maximum atomic E-state index is 10.6. The fourth-order valence-electron chi connectivity index (χ4n) is 10.8. The van der Waals surface area contributed by atoms with E-state index in [0.717, 1.165) is 16.6 Å². The van der Waals surface area contributed by atoms with Crippen LogP contribution in [0.2, 0.25) is 0 Å². The van der Waals surface area contributed by atoms with E-state index in [-0.39, 0.29) is 10.8 Å². The Morgan fingerprint density at radius 2 is 0.877 bits per heavy atom. The second-order valence-electron chi connectivity index (χ2n) is 21.1. The van der Waals surface area contributed by atoms with Crippen molar-refractivity contribution in [1.29, 1.82) is 0 Å². The Labute approximate surface area is 393 Å². The van der Waals surface area contributed by atoms with Gasteiger partial charge in [0.05, 0.1) is 11.2 Å². The molecule has 0 fully saturated rings. The number of aliphatic hydroxyl groups is 1. The van der Waals surface area contributed by atoms with Gasteiger partial charge in [-0.05, 0) is 143 Å². The number of benzene rings is 6. The number of unbranched alkanes of at least 4 members (excludes halogenated alkanes) is 10. The monoisotopic (exact) mass is 862 g/mol. The first-order chi connectivity index (χ1) is 31.3. The Hall–Kier alpha value is -4.70. The van der Waals surface area contributed by atoms with Crippen LogP contribution in [0.4, 0.5) is 0 Å². The predicted octanol–water partition coefficient (Wildman–Crippen LogP) is 16.6. The topological polar surface area (TPSA) is 29.5 Å². The van der Waals surface area contributed by atoms with Crippen LogP contribution < -0.4 is 5.46 Å². The van der Waals surface area contributed by atoms with Crippen LogP contribution in [0.25, 0.3) is 55.6 Å². The maximum absolute atomic E-state index is 10.6. The lowest BCUT2D eigenvalue weighted by Crippen LogP contribution is -2.49. The van der Waals surface area contributed by atoms with Crippen LogP contribution in [0.3, 0.4) is 0 Å². The van der Waals surface area contributed by atoms with Gasteiger partial charge in [0.25, 0.3) is 0 Å². The second kappa shape index (κ2) is 19.6. The summed E-state index contributed by atoms with van der Waals surface area (Å²) in [5.74, 6) is 0. The standard InChI is InChI=1S/C62H74BO2/c1-9-11-13-15-17-21-37-62(38-22-18-16-14-12-10-2)55-30-20-19-29-51(55)54-36-33-49(43-58(54)62)48-32-35-53-52-34-31-47(41-56(52)59(3,4)57(53)42-48)45-26-23-25-44(39-45)46-27-24-28-50(40-46)63-65-61(7,8)60(5,6)64/h19-20,23-36,39-43,64H,9-18,21-22,37-38H2,1-8H3. The molecule has 0 unspecified atom stereocenters. The van der Waals surface area contributed by atoms with E-state index < -0.39 is 11.2 Å². The van der Waals surface area contributed by atoms with Gasteiger partial charge in [-0.15, -0.1) is 0 Å². The number of fused-ring (bicyclic) bond motifs is 6. The molecular formula is C62H74BO2. The summed E-state index contributed by atoms with van der Waals surface area (Å²) in [5, 5.41) is 10.6. The lowest BCUT2D eigenvalue weighted by Gasteiger charge is -2.37. The van der Waals surface area contributed by atoms with E-state index in [4.69, 9.17) is 4.65 Å². The molecule has 0 atom stereocenters. The zero-order valence-electron chi connectivity index (χ0n) is 41.0. The van der Waals surface area contributed by atoms with Crippen molar-refractivity contribution in [3.05, 3.63) is 150 Å². The Bertz CT molecular complexity index is 2570. The first-order valence-corrected chi connectivity index (χ1v) is 25.3. The molecule has 6 aromatic carbocycles. The molecule has 0 bridgehead atoms.